The number of anilines is 1. The molecule has 2 aliphatic heterocycles. The number of nitriles is 1. The zero-order valence-corrected chi connectivity index (χ0v) is 23.2. The number of para-hydroxylation sites is 1. The lowest BCUT2D eigenvalue weighted by Crippen LogP contribution is -2.51. The number of aliphatic hydroxyl groups excluding tert-OH is 1. The van der Waals surface area contributed by atoms with Crippen molar-refractivity contribution in [2.45, 2.75) is 56.8 Å². The van der Waals surface area contributed by atoms with Gasteiger partial charge in [-0.1, -0.05) is 32.0 Å². The van der Waals surface area contributed by atoms with Gasteiger partial charge in [0.15, 0.2) is 11.4 Å². The number of amides is 2. The minimum atomic E-state index is -2.78. The summed E-state index contributed by atoms with van der Waals surface area (Å²) in [5.41, 5.74) is 0.445. The molecule has 1 aromatic carbocycles. The number of carbonyl (C=O) groups is 2. The molecular weight excluding hydrogens is 534 g/mol. The van der Waals surface area contributed by atoms with Gasteiger partial charge in [-0.3, -0.25) is 14.5 Å². The van der Waals surface area contributed by atoms with Crippen LogP contribution in [0.3, 0.4) is 0 Å². The summed E-state index contributed by atoms with van der Waals surface area (Å²) in [6.07, 6.45) is -0.949. The number of alkyl halides is 2. The maximum atomic E-state index is 14.2. The molecular formula is C29H32F2N6O4. The molecule has 5 rings (SSSR count). The van der Waals surface area contributed by atoms with E-state index in [1.54, 1.807) is 13.1 Å². The topological polar surface area (TPSA) is 123 Å². The zero-order chi connectivity index (χ0) is 29.6. The summed E-state index contributed by atoms with van der Waals surface area (Å²) < 4.78 is 33.3. The second-order valence-electron chi connectivity index (χ2n) is 11.1. The minimum absolute atomic E-state index is 0.0384. The zero-order valence-electron chi connectivity index (χ0n) is 23.2. The molecule has 4 heterocycles. The fourth-order valence-electron chi connectivity index (χ4n) is 5.97. The number of aromatic nitrogens is 2. The standard InChI is InChI=1S/C29H32F2N6O4/c1-16(2)9-22(35(3)26(38)17-10-23(41-4)25-33-21(24(30)31)14-36(25)13-17)27(39)37-15-29(11-18(37)12-32)19-7-5-6-8-20(19)34-28(29)40/h5-8,10,13-14,16,18,22,24,26,38H,9,11,15H2,1-4H3,(H,34,40)/t18-,22-,26?,29-/m0/s1. The molecule has 2 aromatic heterocycles. The van der Waals surface area contributed by atoms with Gasteiger partial charge in [-0.15, -0.1) is 0 Å². The van der Waals surface area contributed by atoms with E-state index < -0.39 is 35.8 Å². The van der Waals surface area contributed by atoms with Crippen LogP contribution in [0.4, 0.5) is 14.5 Å². The Hall–Kier alpha value is -4.08. The van der Waals surface area contributed by atoms with Gasteiger partial charge in [-0.2, -0.15) is 5.26 Å². The number of fused-ring (bicyclic) bond motifs is 3. The molecule has 3 aromatic rings. The summed E-state index contributed by atoms with van der Waals surface area (Å²) in [4.78, 5) is 34.2. The van der Waals surface area contributed by atoms with Crippen molar-refractivity contribution in [1.29, 1.82) is 5.26 Å². The molecule has 1 saturated heterocycles. The monoisotopic (exact) mass is 566 g/mol. The average molecular weight is 567 g/mol. The van der Waals surface area contributed by atoms with Crippen molar-refractivity contribution >= 4 is 23.1 Å². The van der Waals surface area contributed by atoms with Crippen LogP contribution in [0.5, 0.6) is 5.75 Å². The van der Waals surface area contributed by atoms with E-state index in [4.69, 9.17) is 4.74 Å². The van der Waals surface area contributed by atoms with Crippen LogP contribution in [-0.4, -0.2) is 68.9 Å². The number of aliphatic hydroxyl groups is 1. The summed E-state index contributed by atoms with van der Waals surface area (Å²) in [5.74, 6) is -0.389. The summed E-state index contributed by atoms with van der Waals surface area (Å²) in [5, 5.41) is 24.4. The Balaban J connectivity index is 1.47. The molecule has 1 unspecified atom stereocenters. The largest absolute Gasteiger partial charge is 0.493 e. The third-order valence-corrected chi connectivity index (χ3v) is 8.07. The van der Waals surface area contributed by atoms with E-state index in [1.165, 1.54) is 39.8 Å². The number of likely N-dealkylation sites (N-methyl/N-ethyl adjacent to an activating group) is 1. The van der Waals surface area contributed by atoms with Gasteiger partial charge in [0.25, 0.3) is 6.43 Å². The summed E-state index contributed by atoms with van der Waals surface area (Å²) in [7, 11) is 2.97. The first-order valence-corrected chi connectivity index (χ1v) is 13.4. The quantitative estimate of drug-likeness (QED) is 0.399. The van der Waals surface area contributed by atoms with E-state index >= 15 is 0 Å². The van der Waals surface area contributed by atoms with Crippen molar-refractivity contribution in [2.75, 3.05) is 26.0 Å². The predicted molar refractivity (Wildman–Crippen MR) is 145 cm³/mol. The Morgan fingerprint density at radius 3 is 2.73 bits per heavy atom. The number of carbonyl (C=O) groups excluding carboxylic acids is 2. The maximum absolute atomic E-state index is 14.2. The van der Waals surface area contributed by atoms with Crippen LogP contribution in [0.2, 0.25) is 0 Å². The van der Waals surface area contributed by atoms with Crippen molar-refractivity contribution in [3.8, 4) is 11.8 Å². The van der Waals surface area contributed by atoms with Gasteiger partial charge in [0.05, 0.1) is 24.6 Å². The Morgan fingerprint density at radius 1 is 1.34 bits per heavy atom. The number of ether oxygens (including phenoxy) is 1. The number of methoxy groups -OCH3 is 1. The number of likely N-dealkylation sites (tertiary alicyclic amines) is 1. The second-order valence-corrected chi connectivity index (χ2v) is 11.1. The predicted octanol–water partition coefficient (Wildman–Crippen LogP) is 3.63. The van der Waals surface area contributed by atoms with Gasteiger partial charge in [0.1, 0.15) is 18.0 Å². The molecule has 1 spiro atoms. The van der Waals surface area contributed by atoms with E-state index in [-0.39, 0.29) is 42.1 Å². The van der Waals surface area contributed by atoms with Crippen LogP contribution in [-0.2, 0) is 15.0 Å². The van der Waals surface area contributed by atoms with E-state index in [2.05, 4.69) is 16.4 Å². The average Bonchev–Trinajstić information content (AvgIpc) is 3.64. The molecule has 0 aliphatic carbocycles. The number of hydrogen-bond donors (Lipinski definition) is 2. The Labute approximate surface area is 236 Å². The summed E-state index contributed by atoms with van der Waals surface area (Å²) in [6, 6.07) is 9.31. The van der Waals surface area contributed by atoms with Gasteiger partial charge in [-0.05, 0) is 37.1 Å². The molecule has 1 fully saturated rings. The van der Waals surface area contributed by atoms with E-state index in [0.717, 1.165) is 5.56 Å². The van der Waals surface area contributed by atoms with Crippen LogP contribution >= 0.6 is 0 Å². The highest BCUT2D eigenvalue weighted by Gasteiger charge is 2.56. The SMILES string of the molecule is COc1cc(C(O)N(C)[C@@H](CC(C)C)C(=O)N2C[C@]3(C[C@H]2C#N)C(=O)Nc2ccccc23)cn2cc(C(F)F)nc12. The molecule has 4 atom stereocenters. The maximum Gasteiger partial charge on any atom is 0.281 e. The summed E-state index contributed by atoms with van der Waals surface area (Å²) >= 11 is 0. The second kappa shape index (κ2) is 10.7. The van der Waals surface area contributed by atoms with Gasteiger partial charge in [0.2, 0.25) is 11.8 Å². The highest BCUT2D eigenvalue weighted by Crippen LogP contribution is 2.46. The third kappa shape index (κ3) is 4.79. The normalized spacial score (nSPS) is 21.5. The molecule has 2 aliphatic rings. The van der Waals surface area contributed by atoms with E-state index in [1.807, 2.05) is 32.0 Å². The first kappa shape index (κ1) is 28.4. The van der Waals surface area contributed by atoms with Crippen LogP contribution in [0.15, 0.2) is 42.7 Å². The van der Waals surface area contributed by atoms with E-state index in [9.17, 15) is 28.7 Å². The van der Waals surface area contributed by atoms with Gasteiger partial charge >= 0.3 is 0 Å². The van der Waals surface area contributed by atoms with E-state index in [0.29, 0.717) is 17.7 Å². The van der Waals surface area contributed by atoms with Gasteiger partial charge < -0.3 is 24.5 Å². The van der Waals surface area contributed by atoms with Crippen molar-refractivity contribution in [2.24, 2.45) is 5.92 Å². The van der Waals surface area contributed by atoms with Crippen molar-refractivity contribution in [3.63, 3.8) is 0 Å². The fraction of sp³-hybridized carbons (Fsp3) is 0.448. The molecule has 216 valence electrons. The number of benzene rings is 1. The molecule has 0 saturated carbocycles. The lowest BCUT2D eigenvalue weighted by Gasteiger charge is -2.36. The molecule has 41 heavy (non-hydrogen) atoms. The molecule has 10 nitrogen and oxygen atoms in total. The van der Waals surface area contributed by atoms with Crippen molar-refractivity contribution in [3.05, 3.63) is 59.5 Å². The Bertz CT molecular complexity index is 1540. The van der Waals surface area contributed by atoms with Crippen LogP contribution in [0.1, 0.15) is 56.2 Å². The highest BCUT2D eigenvalue weighted by molar-refractivity contribution is 6.07. The molecule has 0 radical (unpaired) electrons. The fourth-order valence-corrected chi connectivity index (χ4v) is 5.97. The number of halogens is 2. The molecule has 12 heteroatoms. The number of pyridine rings is 1. The van der Waals surface area contributed by atoms with Crippen LogP contribution in [0, 0.1) is 17.2 Å². The number of nitrogens with one attached hydrogen (secondary N) is 1. The minimum Gasteiger partial charge on any atom is -0.493 e. The van der Waals surface area contributed by atoms with Gasteiger partial charge in [-0.25, -0.2) is 13.8 Å². The number of imidazole rings is 1. The smallest absolute Gasteiger partial charge is 0.281 e. The van der Waals surface area contributed by atoms with Crippen molar-refractivity contribution in [1.82, 2.24) is 19.2 Å². The molecule has 2 amide bonds. The number of nitrogens with zero attached hydrogens (tertiary/aromatic N) is 5. The van der Waals surface area contributed by atoms with Crippen molar-refractivity contribution < 1.29 is 28.2 Å². The molecule has 0 bridgehead atoms. The Kier molecular flexibility index (Phi) is 7.44. The van der Waals surface area contributed by atoms with Crippen LogP contribution in [0.25, 0.3) is 5.65 Å². The number of rotatable bonds is 8. The summed E-state index contributed by atoms with van der Waals surface area (Å²) in [6.45, 7) is 3.93. The lowest BCUT2D eigenvalue weighted by atomic mass is 9.80. The number of hydrogen-bond acceptors (Lipinski definition) is 7. The highest BCUT2D eigenvalue weighted by atomic mass is 19.3. The first-order valence-electron chi connectivity index (χ1n) is 13.4. The first-order chi connectivity index (χ1) is 19.5. The molecule has 2 N–H and O–H groups in total. The Morgan fingerprint density at radius 2 is 2.07 bits per heavy atom. The third-order valence-electron chi connectivity index (χ3n) is 8.07. The lowest BCUT2D eigenvalue weighted by molar-refractivity contribution is -0.142. The van der Waals surface area contributed by atoms with Gasteiger partial charge in [0, 0.05) is 36.6 Å². The van der Waals surface area contributed by atoms with Crippen LogP contribution < -0.4 is 10.1 Å².